The molecule has 5 rings (SSSR count). The van der Waals surface area contributed by atoms with E-state index in [1.54, 1.807) is 59.9 Å². The van der Waals surface area contributed by atoms with E-state index in [-0.39, 0.29) is 18.5 Å². The van der Waals surface area contributed by atoms with Crippen molar-refractivity contribution in [3.8, 4) is 17.6 Å². The van der Waals surface area contributed by atoms with Gasteiger partial charge in [0.15, 0.2) is 0 Å². The lowest BCUT2D eigenvalue weighted by Crippen LogP contribution is -2.51. The number of carbonyl (C=O) groups excluding carboxylic acids is 1. The first kappa shape index (κ1) is 24.8. The van der Waals surface area contributed by atoms with Crippen molar-refractivity contribution in [1.82, 2.24) is 14.9 Å². The van der Waals surface area contributed by atoms with E-state index in [0.717, 1.165) is 16.9 Å². The summed E-state index contributed by atoms with van der Waals surface area (Å²) in [7, 11) is 0. The summed E-state index contributed by atoms with van der Waals surface area (Å²) in [5, 5.41) is 10.8. The molecular weight excluding hydrogens is 509 g/mol. The monoisotopic (exact) mass is 531 g/mol. The molecule has 2 heterocycles. The van der Waals surface area contributed by atoms with Gasteiger partial charge in [0.2, 0.25) is 5.91 Å². The van der Waals surface area contributed by atoms with Gasteiger partial charge in [-0.3, -0.25) is 9.69 Å². The number of carbonyl (C=O) groups is 1. The summed E-state index contributed by atoms with van der Waals surface area (Å²) in [5.41, 5.74) is 3.11. The van der Waals surface area contributed by atoms with Crippen LogP contribution >= 0.6 is 23.2 Å². The topological polar surface area (TPSA) is 85.3 Å². The Balaban J connectivity index is 1.37. The maximum Gasteiger partial charge on any atom is 0.241 e. The van der Waals surface area contributed by atoms with E-state index in [2.05, 4.69) is 20.9 Å². The molecule has 37 heavy (non-hydrogen) atoms. The van der Waals surface area contributed by atoms with Gasteiger partial charge in [-0.15, -0.1) is 0 Å². The molecule has 9 heteroatoms. The number of aromatic nitrogens is 2. The highest BCUT2D eigenvalue weighted by Crippen LogP contribution is 2.32. The van der Waals surface area contributed by atoms with Gasteiger partial charge in [0, 0.05) is 35.0 Å². The molecule has 0 bridgehead atoms. The van der Waals surface area contributed by atoms with Crippen LogP contribution in [0.25, 0.3) is 0 Å². The summed E-state index contributed by atoms with van der Waals surface area (Å²) < 4.78 is 6.02. The molecule has 4 aromatic rings. The van der Waals surface area contributed by atoms with E-state index in [0.29, 0.717) is 46.6 Å². The number of rotatable bonds is 7. The lowest BCUT2D eigenvalue weighted by atomic mass is 9.99. The van der Waals surface area contributed by atoms with Crippen molar-refractivity contribution in [1.29, 1.82) is 5.26 Å². The minimum atomic E-state index is -0.121. The molecule has 0 radical (unpaired) electrons. The molecule has 1 N–H and O–H groups in total. The highest BCUT2D eigenvalue weighted by atomic mass is 35.5. The number of halogens is 2. The van der Waals surface area contributed by atoms with Crippen LogP contribution in [0.1, 0.15) is 22.9 Å². The molecule has 7 nitrogen and oxygen atoms in total. The molecule has 1 amide bonds. The second-order valence-corrected chi connectivity index (χ2v) is 9.59. The molecule has 0 aliphatic carbocycles. The maximum atomic E-state index is 13.2. The predicted molar refractivity (Wildman–Crippen MR) is 143 cm³/mol. The first-order valence-corrected chi connectivity index (χ1v) is 12.5. The quantitative estimate of drug-likeness (QED) is 0.315. The van der Waals surface area contributed by atoms with E-state index in [1.165, 1.54) is 0 Å². The smallest absolute Gasteiger partial charge is 0.241 e. The Hall–Kier alpha value is -3.83. The van der Waals surface area contributed by atoms with Crippen LogP contribution in [0, 0.1) is 11.3 Å². The van der Waals surface area contributed by atoms with E-state index in [9.17, 15) is 10.1 Å². The number of amides is 1. The van der Waals surface area contributed by atoms with Crippen LogP contribution in [0.3, 0.4) is 0 Å². The molecule has 1 fully saturated rings. The number of ether oxygens (including phenoxy) is 1. The average Bonchev–Trinajstić information content (AvgIpc) is 3.43. The van der Waals surface area contributed by atoms with Gasteiger partial charge in [-0.2, -0.15) is 5.26 Å². The predicted octanol–water partition coefficient (Wildman–Crippen LogP) is 6.01. The van der Waals surface area contributed by atoms with Crippen LogP contribution in [0.2, 0.25) is 10.0 Å². The second-order valence-electron chi connectivity index (χ2n) is 8.72. The van der Waals surface area contributed by atoms with Crippen molar-refractivity contribution in [3.05, 3.63) is 106 Å². The molecule has 1 unspecified atom stereocenters. The highest BCUT2D eigenvalue weighted by molar-refractivity contribution is 6.31. The number of hydrogen-bond acceptors (Lipinski definition) is 5. The molecule has 0 spiro atoms. The zero-order chi connectivity index (χ0) is 25.8. The number of H-pyrrole nitrogens is 1. The summed E-state index contributed by atoms with van der Waals surface area (Å²) in [6, 6.07) is 22.0. The minimum absolute atomic E-state index is 0.00428. The van der Waals surface area contributed by atoms with Crippen molar-refractivity contribution in [2.75, 3.05) is 24.5 Å². The van der Waals surface area contributed by atoms with Crippen LogP contribution in [-0.4, -0.2) is 40.4 Å². The standard InChI is InChI=1S/C28H23Cl2N5O2/c29-21-6-8-24(9-7-21)37-27-13-19(4-5-20(27)15-31)12-26(25-16-32-18-33-25)34-10-11-35(28(36)17-34)23-3-1-2-22(30)14-23/h1-9,13-14,16,18,26H,10-12,17H2,(H,32,33). The number of piperazine rings is 1. The molecule has 1 aliphatic rings. The molecule has 1 atom stereocenters. The number of hydrogen-bond donors (Lipinski definition) is 1. The summed E-state index contributed by atoms with van der Waals surface area (Å²) in [6.07, 6.45) is 4.02. The Morgan fingerprint density at radius 2 is 1.89 bits per heavy atom. The van der Waals surface area contributed by atoms with Crippen LogP contribution < -0.4 is 9.64 Å². The summed E-state index contributed by atoms with van der Waals surface area (Å²) in [5.74, 6) is 1.06. The highest BCUT2D eigenvalue weighted by Gasteiger charge is 2.31. The fourth-order valence-electron chi connectivity index (χ4n) is 4.48. The van der Waals surface area contributed by atoms with Gasteiger partial charge in [-0.05, 0) is 66.6 Å². The zero-order valence-electron chi connectivity index (χ0n) is 19.8. The lowest BCUT2D eigenvalue weighted by molar-refractivity contribution is -0.122. The Labute approximate surface area is 224 Å². The maximum absolute atomic E-state index is 13.2. The Morgan fingerprint density at radius 3 is 2.59 bits per heavy atom. The number of nitrogens with zero attached hydrogens (tertiary/aromatic N) is 4. The number of anilines is 1. The van der Waals surface area contributed by atoms with Gasteiger partial charge in [0.05, 0.1) is 30.2 Å². The van der Waals surface area contributed by atoms with Crippen LogP contribution in [0.5, 0.6) is 11.5 Å². The minimum Gasteiger partial charge on any atom is -0.456 e. The first-order chi connectivity index (χ1) is 18.0. The normalized spacial score (nSPS) is 14.8. The summed E-state index contributed by atoms with van der Waals surface area (Å²) in [4.78, 5) is 24.5. The Morgan fingerprint density at radius 1 is 1.05 bits per heavy atom. The van der Waals surface area contributed by atoms with Crippen molar-refractivity contribution < 1.29 is 9.53 Å². The number of benzene rings is 3. The van der Waals surface area contributed by atoms with Crippen LogP contribution in [0.4, 0.5) is 5.69 Å². The van der Waals surface area contributed by atoms with Crippen LogP contribution in [0.15, 0.2) is 79.3 Å². The van der Waals surface area contributed by atoms with Gasteiger partial charge in [0.25, 0.3) is 0 Å². The van der Waals surface area contributed by atoms with Crippen molar-refractivity contribution in [2.24, 2.45) is 0 Å². The van der Waals surface area contributed by atoms with Gasteiger partial charge < -0.3 is 14.6 Å². The molecule has 1 saturated heterocycles. The molecule has 3 aromatic carbocycles. The van der Waals surface area contributed by atoms with Crippen molar-refractivity contribution in [2.45, 2.75) is 12.5 Å². The number of imidazole rings is 1. The van der Waals surface area contributed by atoms with E-state index >= 15 is 0 Å². The summed E-state index contributed by atoms with van der Waals surface area (Å²) in [6.45, 7) is 1.47. The van der Waals surface area contributed by atoms with E-state index in [1.807, 2.05) is 24.3 Å². The fraction of sp³-hybridized carbons (Fsp3) is 0.179. The third-order valence-electron chi connectivity index (χ3n) is 6.33. The van der Waals surface area contributed by atoms with Gasteiger partial charge in [0.1, 0.15) is 17.6 Å². The lowest BCUT2D eigenvalue weighted by Gasteiger charge is -2.38. The summed E-state index contributed by atoms with van der Waals surface area (Å²) >= 11 is 12.1. The molecule has 0 saturated carbocycles. The number of nitriles is 1. The van der Waals surface area contributed by atoms with Crippen molar-refractivity contribution >= 4 is 34.8 Å². The molecule has 186 valence electrons. The number of aromatic amines is 1. The third-order valence-corrected chi connectivity index (χ3v) is 6.81. The Bertz CT molecular complexity index is 1430. The van der Waals surface area contributed by atoms with Crippen LogP contribution in [-0.2, 0) is 11.2 Å². The van der Waals surface area contributed by atoms with Gasteiger partial charge >= 0.3 is 0 Å². The molecule has 1 aliphatic heterocycles. The third kappa shape index (κ3) is 5.78. The van der Waals surface area contributed by atoms with Gasteiger partial charge in [-0.25, -0.2) is 4.98 Å². The van der Waals surface area contributed by atoms with Crippen molar-refractivity contribution in [3.63, 3.8) is 0 Å². The van der Waals surface area contributed by atoms with E-state index < -0.39 is 0 Å². The SMILES string of the molecule is N#Cc1ccc(CC(c2cnc[nH]2)N2CCN(c3cccc(Cl)c3)C(=O)C2)cc1Oc1ccc(Cl)cc1. The Kier molecular flexibility index (Phi) is 7.42. The largest absolute Gasteiger partial charge is 0.456 e. The number of nitrogens with one attached hydrogen (secondary N) is 1. The fourth-order valence-corrected chi connectivity index (χ4v) is 4.79. The van der Waals surface area contributed by atoms with Gasteiger partial charge in [-0.1, -0.05) is 35.3 Å². The van der Waals surface area contributed by atoms with E-state index in [4.69, 9.17) is 27.9 Å². The second kappa shape index (κ2) is 11.1. The zero-order valence-corrected chi connectivity index (χ0v) is 21.3. The first-order valence-electron chi connectivity index (χ1n) is 11.7. The average molecular weight is 532 g/mol. The molecular formula is C28H23Cl2N5O2. The molecule has 1 aromatic heterocycles.